The molecule has 0 radical (unpaired) electrons. The molecule has 4 aromatic rings. The Morgan fingerprint density at radius 2 is 1.54 bits per heavy atom. The Hall–Kier alpha value is -3.73. The standard InChI is InChI=1S/C21H13NO4/c23-19-13-21(26-20-11-4-3-10-18(19)20)17-9-2-1-8-16(17)14-6-5-7-15(12-14)22(24)25/h1-13H. The van der Waals surface area contributed by atoms with E-state index in [1.165, 1.54) is 18.2 Å². The molecule has 0 amide bonds. The number of fused-ring (bicyclic) bond motifs is 1. The normalized spacial score (nSPS) is 10.8. The number of nitrogens with zero attached hydrogens (tertiary/aromatic N) is 1. The molecule has 26 heavy (non-hydrogen) atoms. The van der Waals surface area contributed by atoms with Crippen LogP contribution in [0.3, 0.4) is 0 Å². The summed E-state index contributed by atoms with van der Waals surface area (Å²) in [6.45, 7) is 0. The summed E-state index contributed by atoms with van der Waals surface area (Å²) in [6.07, 6.45) is 0. The zero-order valence-electron chi connectivity index (χ0n) is 13.6. The van der Waals surface area contributed by atoms with Gasteiger partial charge in [0.25, 0.3) is 5.69 Å². The molecule has 1 aromatic heterocycles. The zero-order chi connectivity index (χ0) is 18.1. The lowest BCUT2D eigenvalue weighted by atomic mass is 9.97. The molecule has 0 aliphatic carbocycles. The van der Waals surface area contributed by atoms with E-state index in [-0.39, 0.29) is 11.1 Å². The van der Waals surface area contributed by atoms with Crippen molar-refractivity contribution >= 4 is 16.7 Å². The molecule has 5 heteroatoms. The van der Waals surface area contributed by atoms with E-state index in [1.807, 2.05) is 30.3 Å². The Kier molecular flexibility index (Phi) is 3.82. The van der Waals surface area contributed by atoms with Crippen LogP contribution < -0.4 is 5.43 Å². The lowest BCUT2D eigenvalue weighted by Crippen LogP contribution is -2.00. The van der Waals surface area contributed by atoms with Crippen molar-refractivity contribution in [2.24, 2.45) is 0 Å². The van der Waals surface area contributed by atoms with Crippen molar-refractivity contribution in [3.05, 3.63) is 99.2 Å². The molecule has 0 atom stereocenters. The third kappa shape index (κ3) is 2.75. The van der Waals surface area contributed by atoms with Gasteiger partial charge in [-0.2, -0.15) is 0 Å². The van der Waals surface area contributed by atoms with Crippen LogP contribution in [0.2, 0.25) is 0 Å². The quantitative estimate of drug-likeness (QED) is 0.386. The lowest BCUT2D eigenvalue weighted by Gasteiger charge is -2.10. The molecule has 0 saturated carbocycles. The van der Waals surface area contributed by atoms with E-state index in [9.17, 15) is 14.9 Å². The predicted octanol–water partition coefficient (Wildman–Crippen LogP) is 5.04. The van der Waals surface area contributed by atoms with Crippen molar-refractivity contribution in [3.8, 4) is 22.5 Å². The van der Waals surface area contributed by atoms with E-state index in [1.54, 1.807) is 30.3 Å². The number of rotatable bonds is 3. The number of non-ortho nitro benzene ring substituents is 1. The van der Waals surface area contributed by atoms with Crippen molar-refractivity contribution < 1.29 is 9.34 Å². The first-order valence-corrected chi connectivity index (χ1v) is 8.00. The second-order valence-electron chi connectivity index (χ2n) is 5.82. The Balaban J connectivity index is 1.94. The fraction of sp³-hybridized carbons (Fsp3) is 0. The molecule has 4 rings (SSSR count). The van der Waals surface area contributed by atoms with Crippen LogP contribution >= 0.6 is 0 Å². The van der Waals surface area contributed by atoms with E-state index >= 15 is 0 Å². The molecule has 0 N–H and O–H groups in total. The van der Waals surface area contributed by atoms with Crippen molar-refractivity contribution in [3.63, 3.8) is 0 Å². The highest BCUT2D eigenvalue weighted by atomic mass is 16.6. The molecule has 0 unspecified atom stereocenters. The van der Waals surface area contributed by atoms with Gasteiger partial charge in [0.2, 0.25) is 0 Å². The molecule has 0 aliphatic heterocycles. The largest absolute Gasteiger partial charge is 0.456 e. The van der Waals surface area contributed by atoms with Gasteiger partial charge in [-0.1, -0.05) is 48.5 Å². The molecule has 5 nitrogen and oxygen atoms in total. The average molecular weight is 343 g/mol. The Morgan fingerprint density at radius 3 is 2.35 bits per heavy atom. The van der Waals surface area contributed by atoms with Crippen LogP contribution in [-0.2, 0) is 0 Å². The topological polar surface area (TPSA) is 73.3 Å². The van der Waals surface area contributed by atoms with Gasteiger partial charge in [0, 0.05) is 23.8 Å². The second kappa shape index (κ2) is 6.29. The van der Waals surface area contributed by atoms with Crippen molar-refractivity contribution in [2.75, 3.05) is 0 Å². The highest BCUT2D eigenvalue weighted by Crippen LogP contribution is 2.34. The van der Waals surface area contributed by atoms with Gasteiger partial charge >= 0.3 is 0 Å². The molecule has 126 valence electrons. The van der Waals surface area contributed by atoms with Crippen LogP contribution in [0.25, 0.3) is 33.4 Å². The number of nitro benzene ring substituents is 1. The first kappa shape index (κ1) is 15.8. The van der Waals surface area contributed by atoms with Gasteiger partial charge in [-0.3, -0.25) is 14.9 Å². The summed E-state index contributed by atoms with van der Waals surface area (Å²) < 4.78 is 5.93. The van der Waals surface area contributed by atoms with Crippen molar-refractivity contribution in [1.29, 1.82) is 0 Å². The summed E-state index contributed by atoms with van der Waals surface area (Å²) in [5, 5.41) is 11.6. The third-order valence-electron chi connectivity index (χ3n) is 4.20. The molecule has 1 heterocycles. The maximum Gasteiger partial charge on any atom is 0.270 e. The van der Waals surface area contributed by atoms with E-state index in [0.717, 1.165) is 5.56 Å². The van der Waals surface area contributed by atoms with E-state index in [4.69, 9.17) is 4.42 Å². The number of benzene rings is 3. The minimum Gasteiger partial charge on any atom is -0.456 e. The minimum absolute atomic E-state index is 0.0114. The van der Waals surface area contributed by atoms with Crippen LogP contribution in [-0.4, -0.2) is 4.92 Å². The van der Waals surface area contributed by atoms with Crippen LogP contribution in [0.1, 0.15) is 0 Å². The van der Waals surface area contributed by atoms with Gasteiger partial charge in [0.05, 0.1) is 10.3 Å². The Labute approximate surface area is 148 Å². The van der Waals surface area contributed by atoms with Crippen molar-refractivity contribution in [1.82, 2.24) is 0 Å². The van der Waals surface area contributed by atoms with Crippen LogP contribution in [0.5, 0.6) is 0 Å². The molecule has 0 aliphatic rings. The highest BCUT2D eigenvalue weighted by molar-refractivity contribution is 5.84. The summed E-state index contributed by atoms with van der Waals surface area (Å²) in [4.78, 5) is 23.1. The summed E-state index contributed by atoms with van der Waals surface area (Å²) in [6, 6.07) is 22.3. The number of para-hydroxylation sites is 1. The van der Waals surface area contributed by atoms with Crippen LogP contribution in [0.4, 0.5) is 5.69 Å². The maximum atomic E-state index is 12.4. The Bertz CT molecular complexity index is 1190. The molecule has 0 fully saturated rings. The number of hydrogen-bond acceptors (Lipinski definition) is 4. The SMILES string of the molecule is O=c1cc(-c2ccccc2-c2cccc([N+](=O)[O-])c2)oc2ccccc12. The van der Waals surface area contributed by atoms with Gasteiger partial charge in [0.15, 0.2) is 5.43 Å². The zero-order valence-corrected chi connectivity index (χ0v) is 13.6. The molecular formula is C21H13NO4. The fourth-order valence-corrected chi connectivity index (χ4v) is 2.97. The monoisotopic (exact) mass is 343 g/mol. The molecule has 3 aromatic carbocycles. The first-order chi connectivity index (χ1) is 12.6. The number of nitro groups is 1. The van der Waals surface area contributed by atoms with Crippen LogP contribution in [0, 0.1) is 10.1 Å². The summed E-state index contributed by atoms with van der Waals surface area (Å²) >= 11 is 0. The van der Waals surface area contributed by atoms with Gasteiger partial charge in [-0.15, -0.1) is 0 Å². The van der Waals surface area contributed by atoms with Gasteiger partial charge in [-0.25, -0.2) is 0 Å². The Morgan fingerprint density at radius 1 is 0.808 bits per heavy atom. The molecule has 0 saturated heterocycles. The first-order valence-electron chi connectivity index (χ1n) is 8.00. The van der Waals surface area contributed by atoms with Gasteiger partial charge in [-0.05, 0) is 23.3 Å². The molecule has 0 spiro atoms. The van der Waals surface area contributed by atoms with E-state index in [2.05, 4.69) is 0 Å². The second-order valence-corrected chi connectivity index (χ2v) is 5.82. The maximum absolute atomic E-state index is 12.4. The van der Waals surface area contributed by atoms with Gasteiger partial charge < -0.3 is 4.42 Å². The molecule has 0 bridgehead atoms. The summed E-state index contributed by atoms with van der Waals surface area (Å²) in [5.41, 5.74) is 2.54. The lowest BCUT2D eigenvalue weighted by molar-refractivity contribution is -0.384. The fourth-order valence-electron chi connectivity index (χ4n) is 2.97. The predicted molar refractivity (Wildman–Crippen MR) is 100 cm³/mol. The smallest absolute Gasteiger partial charge is 0.270 e. The third-order valence-corrected chi connectivity index (χ3v) is 4.20. The van der Waals surface area contributed by atoms with E-state index < -0.39 is 4.92 Å². The van der Waals surface area contributed by atoms with Gasteiger partial charge in [0.1, 0.15) is 11.3 Å². The van der Waals surface area contributed by atoms with Crippen molar-refractivity contribution in [2.45, 2.75) is 0 Å². The van der Waals surface area contributed by atoms with Crippen LogP contribution in [0.15, 0.2) is 88.1 Å². The average Bonchev–Trinajstić information content (AvgIpc) is 2.68. The van der Waals surface area contributed by atoms with E-state index in [0.29, 0.717) is 27.9 Å². The minimum atomic E-state index is -0.428. The highest BCUT2D eigenvalue weighted by Gasteiger charge is 2.14. The molecular weight excluding hydrogens is 330 g/mol. The summed E-state index contributed by atoms with van der Waals surface area (Å²) in [5.74, 6) is 0.427. The summed E-state index contributed by atoms with van der Waals surface area (Å²) in [7, 11) is 0. The number of hydrogen-bond donors (Lipinski definition) is 0.